The molecule has 1 fully saturated rings. The highest BCUT2D eigenvalue weighted by atomic mass is 79.9. The van der Waals surface area contributed by atoms with Crippen molar-refractivity contribution in [1.29, 1.82) is 0 Å². The maximum atomic E-state index is 10.5. The third-order valence-electron chi connectivity index (χ3n) is 3.51. The molecule has 0 amide bonds. The van der Waals surface area contributed by atoms with Crippen LogP contribution >= 0.6 is 15.9 Å². The molecule has 0 radical (unpaired) electrons. The smallest absolute Gasteiger partial charge is 0.133 e. The summed E-state index contributed by atoms with van der Waals surface area (Å²) in [7, 11) is 1.62. The Kier molecular flexibility index (Phi) is 4.17. The van der Waals surface area contributed by atoms with Crippen LogP contribution in [0.5, 0.6) is 11.5 Å². The lowest BCUT2D eigenvalue weighted by Crippen LogP contribution is -2.01. The maximum absolute atomic E-state index is 10.5. The van der Waals surface area contributed by atoms with Crippen molar-refractivity contribution >= 4 is 15.9 Å². The second kappa shape index (κ2) is 6.08. The molecule has 0 saturated heterocycles. The number of hydrogen-bond acceptors (Lipinski definition) is 3. The van der Waals surface area contributed by atoms with E-state index in [0.29, 0.717) is 6.10 Å². The zero-order valence-electron chi connectivity index (χ0n) is 11.8. The van der Waals surface area contributed by atoms with Crippen LogP contribution in [0.3, 0.4) is 0 Å². The third-order valence-corrected chi connectivity index (χ3v) is 4.13. The first kappa shape index (κ1) is 14.4. The number of halogens is 1. The summed E-state index contributed by atoms with van der Waals surface area (Å²) in [5.41, 5.74) is 1.66. The van der Waals surface area contributed by atoms with E-state index >= 15 is 0 Å². The summed E-state index contributed by atoms with van der Waals surface area (Å²) in [5, 5.41) is 10.5. The summed E-state index contributed by atoms with van der Waals surface area (Å²) in [6.45, 7) is 0. The van der Waals surface area contributed by atoms with E-state index in [1.807, 2.05) is 42.5 Å². The fourth-order valence-corrected chi connectivity index (χ4v) is 2.71. The summed E-state index contributed by atoms with van der Waals surface area (Å²) in [5.74, 6) is 1.61. The fourth-order valence-electron chi connectivity index (χ4n) is 2.15. The molecule has 1 saturated carbocycles. The lowest BCUT2D eigenvalue weighted by Gasteiger charge is -2.14. The molecule has 1 aliphatic carbocycles. The van der Waals surface area contributed by atoms with E-state index < -0.39 is 6.10 Å². The van der Waals surface area contributed by atoms with Crippen LogP contribution in [-0.2, 0) is 0 Å². The molecule has 110 valence electrons. The number of rotatable bonds is 5. The highest BCUT2D eigenvalue weighted by Gasteiger charge is 2.23. The second-order valence-electron chi connectivity index (χ2n) is 5.18. The first-order valence-corrected chi connectivity index (χ1v) is 7.75. The minimum Gasteiger partial charge on any atom is -0.496 e. The van der Waals surface area contributed by atoms with Crippen LogP contribution in [0.4, 0.5) is 0 Å². The van der Waals surface area contributed by atoms with Gasteiger partial charge in [-0.05, 0) is 64.2 Å². The molecule has 0 aromatic heterocycles. The normalized spacial score (nSPS) is 15.6. The van der Waals surface area contributed by atoms with Gasteiger partial charge in [0.15, 0.2) is 0 Å². The van der Waals surface area contributed by atoms with Gasteiger partial charge in [-0.25, -0.2) is 0 Å². The Bertz CT molecular complexity index is 620. The van der Waals surface area contributed by atoms with Crippen molar-refractivity contribution in [2.75, 3.05) is 7.11 Å². The van der Waals surface area contributed by atoms with Gasteiger partial charge in [0.1, 0.15) is 17.6 Å². The highest BCUT2D eigenvalue weighted by Crippen LogP contribution is 2.32. The number of methoxy groups -OCH3 is 1. The number of aliphatic hydroxyl groups is 1. The minimum absolute atomic E-state index is 0.387. The summed E-state index contributed by atoms with van der Waals surface area (Å²) in [6.07, 6.45) is 2.01. The molecule has 0 heterocycles. The lowest BCUT2D eigenvalue weighted by atomic mass is 10.0. The average molecular weight is 349 g/mol. The Morgan fingerprint density at radius 2 is 1.76 bits per heavy atom. The van der Waals surface area contributed by atoms with E-state index in [-0.39, 0.29) is 0 Å². The van der Waals surface area contributed by atoms with E-state index in [2.05, 4.69) is 15.9 Å². The number of benzene rings is 2. The summed E-state index contributed by atoms with van der Waals surface area (Å²) >= 11 is 3.44. The molecule has 0 spiro atoms. The van der Waals surface area contributed by atoms with Gasteiger partial charge in [-0.15, -0.1) is 0 Å². The van der Waals surface area contributed by atoms with E-state index in [4.69, 9.17) is 9.47 Å². The molecule has 0 aliphatic heterocycles. The largest absolute Gasteiger partial charge is 0.496 e. The molecule has 1 atom stereocenters. The lowest BCUT2D eigenvalue weighted by molar-refractivity contribution is 0.220. The Morgan fingerprint density at radius 3 is 2.33 bits per heavy atom. The van der Waals surface area contributed by atoms with Gasteiger partial charge in [0, 0.05) is 0 Å². The van der Waals surface area contributed by atoms with Crippen LogP contribution in [0.2, 0.25) is 0 Å². The predicted molar refractivity (Wildman–Crippen MR) is 84.8 cm³/mol. The van der Waals surface area contributed by atoms with E-state index in [1.54, 1.807) is 7.11 Å². The molecule has 0 bridgehead atoms. The third kappa shape index (κ3) is 3.39. The van der Waals surface area contributed by atoms with Gasteiger partial charge >= 0.3 is 0 Å². The Labute approximate surface area is 132 Å². The molecule has 1 N–H and O–H groups in total. The second-order valence-corrected chi connectivity index (χ2v) is 6.04. The zero-order valence-corrected chi connectivity index (χ0v) is 13.3. The van der Waals surface area contributed by atoms with Crippen molar-refractivity contribution in [3.05, 3.63) is 58.1 Å². The monoisotopic (exact) mass is 348 g/mol. The van der Waals surface area contributed by atoms with Crippen molar-refractivity contribution in [2.24, 2.45) is 0 Å². The Balaban J connectivity index is 1.77. The highest BCUT2D eigenvalue weighted by molar-refractivity contribution is 9.10. The molecule has 3 rings (SSSR count). The van der Waals surface area contributed by atoms with Crippen LogP contribution in [0.15, 0.2) is 46.9 Å². The molecular weight excluding hydrogens is 332 g/mol. The maximum Gasteiger partial charge on any atom is 0.133 e. The predicted octanol–water partition coefficient (Wildman–Crippen LogP) is 4.08. The first-order chi connectivity index (χ1) is 10.2. The Morgan fingerprint density at radius 1 is 1.10 bits per heavy atom. The van der Waals surface area contributed by atoms with Gasteiger partial charge in [-0.3, -0.25) is 0 Å². The minimum atomic E-state index is -0.665. The molecule has 2 aromatic rings. The molecule has 2 aromatic carbocycles. The van der Waals surface area contributed by atoms with Crippen molar-refractivity contribution in [1.82, 2.24) is 0 Å². The standard InChI is InChI=1S/C17H17BrO3/c1-20-16-9-4-12(10-15(16)18)17(19)11-2-5-13(6-3-11)21-14-7-8-14/h2-6,9-10,14,17,19H,7-8H2,1H3. The number of hydrogen-bond donors (Lipinski definition) is 1. The van der Waals surface area contributed by atoms with Crippen molar-refractivity contribution in [3.63, 3.8) is 0 Å². The first-order valence-electron chi connectivity index (χ1n) is 6.95. The van der Waals surface area contributed by atoms with Crippen LogP contribution in [0.25, 0.3) is 0 Å². The SMILES string of the molecule is COc1ccc(C(O)c2ccc(OC3CC3)cc2)cc1Br. The zero-order chi connectivity index (χ0) is 14.8. The summed E-state index contributed by atoms with van der Waals surface area (Å²) in [4.78, 5) is 0. The van der Waals surface area contributed by atoms with Gasteiger partial charge in [-0.1, -0.05) is 18.2 Å². The average Bonchev–Trinajstić information content (AvgIpc) is 3.31. The summed E-state index contributed by atoms with van der Waals surface area (Å²) < 4.78 is 11.7. The van der Waals surface area contributed by atoms with Crippen LogP contribution < -0.4 is 9.47 Å². The number of ether oxygens (including phenoxy) is 2. The molecule has 4 heteroatoms. The van der Waals surface area contributed by atoms with Gasteiger partial charge in [-0.2, -0.15) is 0 Å². The topological polar surface area (TPSA) is 38.7 Å². The van der Waals surface area contributed by atoms with E-state index in [1.165, 1.54) is 0 Å². The van der Waals surface area contributed by atoms with Crippen molar-refractivity contribution in [3.8, 4) is 11.5 Å². The van der Waals surface area contributed by atoms with E-state index in [0.717, 1.165) is 39.9 Å². The van der Waals surface area contributed by atoms with Crippen LogP contribution in [-0.4, -0.2) is 18.3 Å². The van der Waals surface area contributed by atoms with Gasteiger partial charge in [0.2, 0.25) is 0 Å². The van der Waals surface area contributed by atoms with E-state index in [9.17, 15) is 5.11 Å². The fraction of sp³-hybridized carbons (Fsp3) is 0.294. The van der Waals surface area contributed by atoms with Gasteiger partial charge in [0.25, 0.3) is 0 Å². The molecule has 3 nitrogen and oxygen atoms in total. The van der Waals surface area contributed by atoms with Gasteiger partial charge in [0.05, 0.1) is 17.7 Å². The molecule has 21 heavy (non-hydrogen) atoms. The molecule has 1 aliphatic rings. The number of aliphatic hydroxyl groups excluding tert-OH is 1. The van der Waals surface area contributed by atoms with Crippen LogP contribution in [0, 0.1) is 0 Å². The summed E-state index contributed by atoms with van der Waals surface area (Å²) in [6, 6.07) is 13.2. The molecule has 1 unspecified atom stereocenters. The van der Waals surface area contributed by atoms with Crippen molar-refractivity contribution < 1.29 is 14.6 Å². The van der Waals surface area contributed by atoms with Gasteiger partial charge < -0.3 is 14.6 Å². The van der Waals surface area contributed by atoms with Crippen LogP contribution in [0.1, 0.15) is 30.1 Å². The molecular formula is C17H17BrO3. The van der Waals surface area contributed by atoms with Crippen molar-refractivity contribution in [2.45, 2.75) is 25.0 Å². The quantitative estimate of drug-likeness (QED) is 0.884. The Hall–Kier alpha value is -1.52.